The van der Waals surface area contributed by atoms with Gasteiger partial charge in [0.2, 0.25) is 0 Å². The second-order valence-corrected chi connectivity index (χ2v) is 2.76. The molecule has 0 nitrogen and oxygen atoms in total. The Labute approximate surface area is 119 Å². The predicted molar refractivity (Wildman–Crippen MR) is 41.0 cm³/mol. The van der Waals surface area contributed by atoms with Gasteiger partial charge in [-0.15, -0.1) is 0 Å². The Hall–Kier alpha value is 1.10. The molecule has 0 radical (unpaired) electrons. The first kappa shape index (κ1) is 23.7. The first-order chi connectivity index (χ1) is 4.13. The minimum Gasteiger partial charge on any atom is -1.00 e. The summed E-state index contributed by atoms with van der Waals surface area (Å²) in [6.45, 7) is 8.68. The molecule has 1 rings (SSSR count). The van der Waals surface area contributed by atoms with Crippen LogP contribution in [0.1, 0.15) is 22.3 Å². The number of hydrogen-bond acceptors (Lipinski definition) is 0. The maximum absolute atomic E-state index is 2.24. The third-order valence-corrected chi connectivity index (χ3v) is 2.18. The SMILES string of the molecule is Cc1c[c-](C)c(C)c1C.[Cl-].[Cl-].[Cl-].[Zr+4]. The van der Waals surface area contributed by atoms with Crippen LogP contribution in [0.25, 0.3) is 0 Å². The van der Waals surface area contributed by atoms with E-state index < -0.39 is 0 Å². The molecule has 0 atom stereocenters. The third kappa shape index (κ3) is 5.52. The minimum atomic E-state index is 0. The molecule has 1 aromatic carbocycles. The normalized spacial score (nSPS) is 7.08. The molecular formula is C9H13Cl3Zr. The molecule has 0 N–H and O–H groups in total. The van der Waals surface area contributed by atoms with E-state index in [0.29, 0.717) is 0 Å². The van der Waals surface area contributed by atoms with E-state index in [9.17, 15) is 0 Å². The third-order valence-electron chi connectivity index (χ3n) is 2.18. The van der Waals surface area contributed by atoms with Crippen LogP contribution in [0.15, 0.2) is 6.07 Å². The molecule has 0 bridgehead atoms. The van der Waals surface area contributed by atoms with E-state index in [1.165, 1.54) is 22.3 Å². The standard InChI is InChI=1S/C9H13.3ClH.Zr/c1-6-5-7(2)9(4)8(6)3;;;;/h5H,1-4H3;3*1H;/q-1;;;;+4/p-3. The smallest absolute Gasteiger partial charge is 1.00 e. The van der Waals surface area contributed by atoms with Crippen LogP contribution in [-0.2, 0) is 26.2 Å². The van der Waals surface area contributed by atoms with Gasteiger partial charge in [0.15, 0.2) is 0 Å². The average Bonchev–Trinajstić information content (AvgIpc) is 1.98. The van der Waals surface area contributed by atoms with Crippen LogP contribution in [0.2, 0.25) is 0 Å². The van der Waals surface area contributed by atoms with E-state index in [-0.39, 0.29) is 63.4 Å². The van der Waals surface area contributed by atoms with E-state index >= 15 is 0 Å². The molecular weight excluding hydrogens is 306 g/mol. The van der Waals surface area contributed by atoms with Crippen molar-refractivity contribution < 1.29 is 63.4 Å². The molecule has 0 aromatic heterocycles. The van der Waals surface area contributed by atoms with Gasteiger partial charge < -0.3 is 37.2 Å². The monoisotopic (exact) mass is 316 g/mol. The molecule has 0 saturated carbocycles. The van der Waals surface area contributed by atoms with Gasteiger partial charge in [0.25, 0.3) is 0 Å². The summed E-state index contributed by atoms with van der Waals surface area (Å²) in [6.07, 6.45) is 0. The van der Waals surface area contributed by atoms with Crippen molar-refractivity contribution in [3.8, 4) is 0 Å². The van der Waals surface area contributed by atoms with Gasteiger partial charge in [-0.25, -0.2) is 0 Å². The molecule has 13 heavy (non-hydrogen) atoms. The summed E-state index contributed by atoms with van der Waals surface area (Å²) in [4.78, 5) is 0. The summed E-state index contributed by atoms with van der Waals surface area (Å²) in [7, 11) is 0. The summed E-state index contributed by atoms with van der Waals surface area (Å²) in [5.74, 6) is 0. The Morgan fingerprint density at radius 1 is 1.00 bits per heavy atom. The molecule has 0 saturated heterocycles. The Morgan fingerprint density at radius 2 is 1.38 bits per heavy atom. The molecule has 0 aliphatic carbocycles. The number of halogens is 3. The van der Waals surface area contributed by atoms with Crippen molar-refractivity contribution in [3.05, 3.63) is 28.3 Å². The van der Waals surface area contributed by atoms with Crippen LogP contribution in [0, 0.1) is 27.7 Å². The zero-order valence-electron chi connectivity index (χ0n) is 8.21. The quantitative estimate of drug-likeness (QED) is 0.418. The average molecular weight is 319 g/mol. The Balaban J connectivity index is -0.000000101. The van der Waals surface area contributed by atoms with E-state index in [1.807, 2.05) is 0 Å². The summed E-state index contributed by atoms with van der Waals surface area (Å²) in [5, 5.41) is 0. The zero-order valence-corrected chi connectivity index (χ0v) is 12.9. The minimum absolute atomic E-state index is 0. The van der Waals surface area contributed by atoms with Gasteiger partial charge >= 0.3 is 26.2 Å². The van der Waals surface area contributed by atoms with Crippen molar-refractivity contribution in [3.63, 3.8) is 0 Å². The van der Waals surface area contributed by atoms with Gasteiger partial charge in [0.05, 0.1) is 0 Å². The van der Waals surface area contributed by atoms with Gasteiger partial charge in [-0.1, -0.05) is 27.7 Å². The Morgan fingerprint density at radius 3 is 1.46 bits per heavy atom. The summed E-state index contributed by atoms with van der Waals surface area (Å²) in [6, 6.07) is 2.24. The fraction of sp³-hybridized carbons (Fsp3) is 0.444. The van der Waals surface area contributed by atoms with E-state index in [2.05, 4.69) is 33.8 Å². The van der Waals surface area contributed by atoms with E-state index in [1.54, 1.807) is 0 Å². The van der Waals surface area contributed by atoms with Gasteiger partial charge in [-0.3, -0.25) is 0 Å². The van der Waals surface area contributed by atoms with Gasteiger partial charge in [-0.05, 0) is 0 Å². The second-order valence-electron chi connectivity index (χ2n) is 2.76. The molecule has 1 aromatic rings. The van der Waals surface area contributed by atoms with Crippen molar-refractivity contribution >= 4 is 0 Å². The van der Waals surface area contributed by atoms with Crippen LogP contribution in [-0.4, -0.2) is 0 Å². The van der Waals surface area contributed by atoms with Crippen LogP contribution >= 0.6 is 0 Å². The molecule has 0 fully saturated rings. The van der Waals surface area contributed by atoms with E-state index in [0.717, 1.165) is 0 Å². The van der Waals surface area contributed by atoms with Gasteiger partial charge in [0, 0.05) is 0 Å². The van der Waals surface area contributed by atoms with Crippen LogP contribution in [0.3, 0.4) is 0 Å². The van der Waals surface area contributed by atoms with Crippen LogP contribution < -0.4 is 37.2 Å². The molecule has 0 aliphatic heterocycles. The Kier molecular flexibility index (Phi) is 17.6. The number of aryl methyl sites for hydroxylation is 2. The van der Waals surface area contributed by atoms with Crippen molar-refractivity contribution in [2.45, 2.75) is 27.7 Å². The first-order valence-corrected chi connectivity index (χ1v) is 3.33. The van der Waals surface area contributed by atoms with Crippen LogP contribution in [0.4, 0.5) is 0 Å². The molecule has 0 heterocycles. The molecule has 0 spiro atoms. The van der Waals surface area contributed by atoms with Gasteiger partial charge in [-0.2, -0.15) is 28.3 Å². The molecule has 4 heteroatoms. The molecule has 0 amide bonds. The first-order valence-electron chi connectivity index (χ1n) is 3.33. The van der Waals surface area contributed by atoms with Gasteiger partial charge in [0.1, 0.15) is 0 Å². The number of hydrogen-bond donors (Lipinski definition) is 0. The maximum Gasteiger partial charge on any atom is 4.00 e. The largest absolute Gasteiger partial charge is 4.00 e. The summed E-state index contributed by atoms with van der Waals surface area (Å²) < 4.78 is 0. The molecule has 74 valence electrons. The molecule has 0 unspecified atom stereocenters. The maximum atomic E-state index is 2.24. The zero-order chi connectivity index (χ0) is 7.02. The summed E-state index contributed by atoms with van der Waals surface area (Å²) >= 11 is 0. The van der Waals surface area contributed by atoms with Crippen molar-refractivity contribution in [2.24, 2.45) is 0 Å². The summed E-state index contributed by atoms with van der Waals surface area (Å²) in [5.41, 5.74) is 5.75. The fourth-order valence-electron chi connectivity index (χ4n) is 1.13. The Bertz CT molecular complexity index is 209. The number of rotatable bonds is 0. The van der Waals surface area contributed by atoms with Crippen molar-refractivity contribution in [1.29, 1.82) is 0 Å². The van der Waals surface area contributed by atoms with Crippen molar-refractivity contribution in [1.82, 2.24) is 0 Å². The van der Waals surface area contributed by atoms with Crippen LogP contribution in [0.5, 0.6) is 0 Å². The second kappa shape index (κ2) is 9.65. The topological polar surface area (TPSA) is 0 Å². The van der Waals surface area contributed by atoms with E-state index in [4.69, 9.17) is 0 Å². The van der Waals surface area contributed by atoms with Crippen molar-refractivity contribution in [2.75, 3.05) is 0 Å². The fourth-order valence-corrected chi connectivity index (χ4v) is 1.13. The molecule has 0 aliphatic rings. The predicted octanol–water partition coefficient (Wildman–Crippen LogP) is -6.35.